The van der Waals surface area contributed by atoms with Crippen LogP contribution in [-0.4, -0.2) is 36.5 Å². The van der Waals surface area contributed by atoms with E-state index < -0.39 is 0 Å². The highest BCUT2D eigenvalue weighted by atomic mass is 16.6. The molecule has 37 heavy (non-hydrogen) atoms. The Morgan fingerprint density at radius 2 is 1.59 bits per heavy atom. The number of aromatic nitrogens is 1. The first-order chi connectivity index (χ1) is 18.1. The summed E-state index contributed by atoms with van der Waals surface area (Å²) in [6.07, 6.45) is 2.36. The molecule has 0 spiro atoms. The summed E-state index contributed by atoms with van der Waals surface area (Å²) < 4.78 is 11.0. The lowest BCUT2D eigenvalue weighted by atomic mass is 9.96. The molecule has 0 amide bonds. The molecule has 4 rings (SSSR count). The predicted octanol–water partition coefficient (Wildman–Crippen LogP) is 6.39. The van der Waals surface area contributed by atoms with Crippen molar-refractivity contribution in [2.24, 2.45) is 5.16 Å². The number of nitrogens with one attached hydrogen (secondary N) is 1. The van der Waals surface area contributed by atoms with Crippen molar-refractivity contribution in [1.82, 2.24) is 4.98 Å². The molecule has 190 valence electrons. The van der Waals surface area contributed by atoms with E-state index >= 15 is 0 Å². The molecule has 0 saturated heterocycles. The van der Waals surface area contributed by atoms with E-state index in [1.54, 1.807) is 0 Å². The molecule has 0 bridgehead atoms. The molecule has 0 radical (unpaired) electrons. The summed E-state index contributed by atoms with van der Waals surface area (Å²) >= 11 is 0. The van der Waals surface area contributed by atoms with E-state index in [4.69, 9.17) is 14.3 Å². The number of hydrogen-bond acceptors (Lipinski definition) is 5. The molecule has 0 aliphatic heterocycles. The molecule has 6 heteroatoms. The SMILES string of the molecule is CCOC(=O)C(Cc1ccc(OCCON=C(C)c2ccc(-c3ccccc3)cc2)cc1)c1ccc[nH]1. The third-order valence-corrected chi connectivity index (χ3v) is 5.99. The van der Waals surface area contributed by atoms with Crippen LogP contribution in [0, 0.1) is 0 Å². The molecule has 4 aromatic rings. The molecule has 1 unspecified atom stereocenters. The van der Waals surface area contributed by atoms with Crippen LogP contribution >= 0.6 is 0 Å². The van der Waals surface area contributed by atoms with Crippen LogP contribution in [0.3, 0.4) is 0 Å². The van der Waals surface area contributed by atoms with Crippen molar-refractivity contribution < 1.29 is 19.1 Å². The molecule has 3 aromatic carbocycles. The second kappa shape index (κ2) is 13.1. The number of nitrogens with zero attached hydrogens (tertiary/aromatic N) is 1. The van der Waals surface area contributed by atoms with Gasteiger partial charge in [-0.3, -0.25) is 4.79 Å². The second-order valence-corrected chi connectivity index (χ2v) is 8.58. The molecule has 0 saturated carbocycles. The molecule has 1 heterocycles. The Hall–Kier alpha value is -4.32. The van der Waals surface area contributed by atoms with Gasteiger partial charge in [-0.15, -0.1) is 0 Å². The van der Waals surface area contributed by atoms with Crippen molar-refractivity contribution in [1.29, 1.82) is 0 Å². The standard InChI is InChI=1S/C31H32N2O4/c1-3-35-31(34)29(30-10-7-19-32-30)22-24-11-17-28(18-12-24)36-20-21-37-33-23(2)25-13-15-27(16-14-25)26-8-5-4-6-9-26/h4-19,29,32H,3,20-22H2,1-2H3. The van der Waals surface area contributed by atoms with Crippen molar-refractivity contribution in [2.75, 3.05) is 19.8 Å². The number of carbonyl (C=O) groups is 1. The van der Waals surface area contributed by atoms with Gasteiger partial charge in [0.25, 0.3) is 0 Å². The van der Waals surface area contributed by atoms with Crippen LogP contribution in [-0.2, 0) is 20.8 Å². The summed E-state index contributed by atoms with van der Waals surface area (Å²) in [5, 5.41) is 4.22. The van der Waals surface area contributed by atoms with Crippen LogP contribution in [0.25, 0.3) is 11.1 Å². The third kappa shape index (κ3) is 7.34. The molecule has 1 atom stereocenters. The van der Waals surface area contributed by atoms with E-state index in [1.165, 1.54) is 5.56 Å². The van der Waals surface area contributed by atoms with Crippen LogP contribution in [0.4, 0.5) is 0 Å². The first-order valence-electron chi connectivity index (χ1n) is 12.5. The summed E-state index contributed by atoms with van der Waals surface area (Å²) in [5.41, 5.74) is 6.04. The maximum absolute atomic E-state index is 12.4. The third-order valence-electron chi connectivity index (χ3n) is 5.99. The highest BCUT2D eigenvalue weighted by Crippen LogP contribution is 2.23. The smallest absolute Gasteiger partial charge is 0.315 e. The molecule has 0 fully saturated rings. The van der Waals surface area contributed by atoms with Crippen molar-refractivity contribution in [3.8, 4) is 16.9 Å². The van der Waals surface area contributed by atoms with Gasteiger partial charge in [-0.25, -0.2) is 0 Å². The topological polar surface area (TPSA) is 72.9 Å². The molecular formula is C31H32N2O4. The number of carbonyl (C=O) groups excluding carboxylic acids is 1. The Balaban J connectivity index is 1.23. The number of rotatable bonds is 12. The van der Waals surface area contributed by atoms with Gasteiger partial charge < -0.3 is 19.3 Å². The van der Waals surface area contributed by atoms with E-state index in [-0.39, 0.29) is 11.9 Å². The highest BCUT2D eigenvalue weighted by molar-refractivity contribution is 5.98. The fourth-order valence-corrected chi connectivity index (χ4v) is 4.01. The van der Waals surface area contributed by atoms with E-state index in [2.05, 4.69) is 34.4 Å². The van der Waals surface area contributed by atoms with Gasteiger partial charge in [0.1, 0.15) is 18.3 Å². The Morgan fingerprint density at radius 3 is 2.27 bits per heavy atom. The lowest BCUT2D eigenvalue weighted by Gasteiger charge is -2.15. The lowest BCUT2D eigenvalue weighted by Crippen LogP contribution is -2.18. The Labute approximate surface area is 217 Å². The average Bonchev–Trinajstić information content (AvgIpc) is 3.47. The monoisotopic (exact) mass is 496 g/mol. The molecule has 0 aliphatic rings. The fourth-order valence-electron chi connectivity index (χ4n) is 4.01. The number of ether oxygens (including phenoxy) is 2. The van der Waals surface area contributed by atoms with Crippen LogP contribution in [0.15, 0.2) is 102 Å². The van der Waals surface area contributed by atoms with Gasteiger partial charge in [-0.1, -0.05) is 71.9 Å². The van der Waals surface area contributed by atoms with Crippen molar-refractivity contribution in [3.63, 3.8) is 0 Å². The van der Waals surface area contributed by atoms with E-state index in [0.29, 0.717) is 26.2 Å². The second-order valence-electron chi connectivity index (χ2n) is 8.58. The zero-order chi connectivity index (χ0) is 25.9. The summed E-state index contributed by atoms with van der Waals surface area (Å²) in [6, 6.07) is 30.1. The number of benzene rings is 3. The maximum Gasteiger partial charge on any atom is 0.315 e. The van der Waals surface area contributed by atoms with Crippen molar-refractivity contribution in [3.05, 3.63) is 114 Å². The summed E-state index contributed by atoms with van der Waals surface area (Å²) in [6.45, 7) is 4.80. The normalized spacial score (nSPS) is 12.1. The Kier molecular flexibility index (Phi) is 9.13. The average molecular weight is 497 g/mol. The largest absolute Gasteiger partial charge is 0.490 e. The summed E-state index contributed by atoms with van der Waals surface area (Å²) in [4.78, 5) is 21.0. The van der Waals surface area contributed by atoms with Gasteiger partial charge >= 0.3 is 5.97 Å². The fraction of sp³-hybridized carbons (Fsp3) is 0.226. The van der Waals surface area contributed by atoms with Crippen molar-refractivity contribution >= 4 is 11.7 Å². The van der Waals surface area contributed by atoms with Gasteiger partial charge in [-0.05, 0) is 66.8 Å². The van der Waals surface area contributed by atoms with Crippen LogP contribution < -0.4 is 4.74 Å². The van der Waals surface area contributed by atoms with Crippen LogP contribution in [0.1, 0.15) is 36.6 Å². The summed E-state index contributed by atoms with van der Waals surface area (Å²) in [7, 11) is 0. The van der Waals surface area contributed by atoms with E-state index in [1.807, 2.05) is 86.8 Å². The van der Waals surface area contributed by atoms with Gasteiger partial charge in [0.2, 0.25) is 0 Å². The number of hydrogen-bond donors (Lipinski definition) is 1. The molecule has 1 aromatic heterocycles. The minimum Gasteiger partial charge on any atom is -0.490 e. The quantitative estimate of drug-likeness (QED) is 0.107. The minimum atomic E-state index is -0.370. The predicted molar refractivity (Wildman–Crippen MR) is 146 cm³/mol. The van der Waals surface area contributed by atoms with Crippen LogP contribution in [0.2, 0.25) is 0 Å². The number of oxime groups is 1. The summed E-state index contributed by atoms with van der Waals surface area (Å²) in [5.74, 6) is 0.133. The minimum absolute atomic E-state index is 0.231. The number of esters is 1. The Morgan fingerprint density at radius 1 is 0.865 bits per heavy atom. The van der Waals surface area contributed by atoms with Gasteiger partial charge in [0.15, 0.2) is 6.61 Å². The maximum atomic E-state index is 12.4. The van der Waals surface area contributed by atoms with Gasteiger partial charge in [-0.2, -0.15) is 0 Å². The molecule has 1 N–H and O–H groups in total. The number of H-pyrrole nitrogens is 1. The Bertz CT molecular complexity index is 1270. The molecule has 0 aliphatic carbocycles. The van der Waals surface area contributed by atoms with Gasteiger partial charge in [0, 0.05) is 11.9 Å². The number of aromatic amines is 1. The van der Waals surface area contributed by atoms with Gasteiger partial charge in [0.05, 0.1) is 12.3 Å². The van der Waals surface area contributed by atoms with E-state index in [0.717, 1.165) is 33.8 Å². The first-order valence-corrected chi connectivity index (χ1v) is 12.5. The first kappa shape index (κ1) is 25.8. The van der Waals surface area contributed by atoms with E-state index in [9.17, 15) is 4.79 Å². The zero-order valence-corrected chi connectivity index (χ0v) is 21.2. The lowest BCUT2D eigenvalue weighted by molar-refractivity contribution is -0.145. The highest BCUT2D eigenvalue weighted by Gasteiger charge is 2.23. The molecule has 6 nitrogen and oxygen atoms in total. The van der Waals surface area contributed by atoms with Crippen LogP contribution in [0.5, 0.6) is 5.75 Å². The molecular weight excluding hydrogens is 464 g/mol. The zero-order valence-electron chi connectivity index (χ0n) is 21.2. The van der Waals surface area contributed by atoms with Crippen molar-refractivity contribution in [2.45, 2.75) is 26.2 Å².